The van der Waals surface area contributed by atoms with Gasteiger partial charge in [-0.1, -0.05) is 17.7 Å². The topological polar surface area (TPSA) is 73.5 Å². The molecule has 2 aliphatic heterocycles. The highest BCUT2D eigenvalue weighted by molar-refractivity contribution is 6.31. The third-order valence-corrected chi connectivity index (χ3v) is 5.97. The van der Waals surface area contributed by atoms with E-state index in [1.807, 2.05) is 24.9 Å². The van der Waals surface area contributed by atoms with Crippen molar-refractivity contribution in [2.24, 2.45) is 11.8 Å². The van der Waals surface area contributed by atoms with E-state index in [0.29, 0.717) is 10.7 Å². The van der Waals surface area contributed by atoms with Crippen LogP contribution in [0.2, 0.25) is 5.02 Å². The Morgan fingerprint density at radius 3 is 2.66 bits per heavy atom. The molecule has 152 valence electrons. The molecule has 0 spiro atoms. The fourth-order valence-corrected chi connectivity index (χ4v) is 4.15. The maximum atomic E-state index is 13.3. The highest BCUT2D eigenvalue weighted by Gasteiger charge is 2.50. The van der Waals surface area contributed by atoms with Gasteiger partial charge in [-0.3, -0.25) is 19.9 Å². The number of Topliss-reactive ketones (excluding diaryl/α,β-unsaturated/α-hetero) is 1. The molecule has 4 unspecified atom stereocenters. The van der Waals surface area contributed by atoms with E-state index >= 15 is 0 Å². The molecule has 0 aromatic heterocycles. The Kier molecular flexibility index (Phi) is 5.29. The van der Waals surface area contributed by atoms with Crippen LogP contribution in [0.5, 0.6) is 0 Å². The second-order valence-corrected chi connectivity index (χ2v) is 7.96. The second-order valence-electron chi connectivity index (χ2n) is 7.55. The molecule has 2 aromatic rings. The first-order valence-electron chi connectivity index (χ1n) is 9.50. The van der Waals surface area contributed by atoms with E-state index in [0.717, 1.165) is 11.3 Å². The predicted molar refractivity (Wildman–Crippen MR) is 110 cm³/mol. The standard InChI is InChI=1S/C21H22ClFN4O2/c1-11-3-6-14(9-17(11)22)25-21(29)16-10-24-20-18(19(16)28)12(2)26-27(20)15-7-4-13(23)5-8-15/h3-9,12,16,18,20,24,26H,10H2,1-2H3,(H,25,29). The number of fused-ring (bicyclic) bond motifs is 1. The molecule has 0 bridgehead atoms. The molecule has 1 amide bonds. The van der Waals surface area contributed by atoms with Gasteiger partial charge in [0, 0.05) is 23.3 Å². The first-order valence-corrected chi connectivity index (χ1v) is 9.88. The van der Waals surface area contributed by atoms with Crippen molar-refractivity contribution >= 4 is 34.7 Å². The minimum Gasteiger partial charge on any atom is -0.325 e. The molecular weight excluding hydrogens is 395 g/mol. The molecule has 29 heavy (non-hydrogen) atoms. The number of nitrogens with zero attached hydrogens (tertiary/aromatic N) is 1. The average molecular weight is 417 g/mol. The molecule has 0 aliphatic carbocycles. The van der Waals surface area contributed by atoms with Gasteiger partial charge in [0.25, 0.3) is 0 Å². The molecule has 3 N–H and O–H groups in total. The van der Waals surface area contributed by atoms with Gasteiger partial charge in [-0.05, 0) is 55.8 Å². The van der Waals surface area contributed by atoms with Gasteiger partial charge in [0.05, 0.1) is 11.6 Å². The Morgan fingerprint density at radius 1 is 1.24 bits per heavy atom. The lowest BCUT2D eigenvalue weighted by atomic mass is 9.83. The number of carbonyl (C=O) groups is 2. The van der Waals surface area contributed by atoms with E-state index in [-0.39, 0.29) is 36.3 Å². The number of hydrogen-bond donors (Lipinski definition) is 3. The zero-order chi connectivity index (χ0) is 20.7. The zero-order valence-electron chi connectivity index (χ0n) is 16.1. The fourth-order valence-electron chi connectivity index (χ4n) is 3.96. The summed E-state index contributed by atoms with van der Waals surface area (Å²) in [5.74, 6) is -2.00. The van der Waals surface area contributed by atoms with Crippen LogP contribution in [0.3, 0.4) is 0 Å². The molecule has 6 nitrogen and oxygen atoms in total. The van der Waals surface area contributed by atoms with Crippen molar-refractivity contribution < 1.29 is 14.0 Å². The number of rotatable bonds is 3. The predicted octanol–water partition coefficient (Wildman–Crippen LogP) is 2.87. The summed E-state index contributed by atoms with van der Waals surface area (Å²) in [6.45, 7) is 4.00. The minimum absolute atomic E-state index is 0.117. The van der Waals surface area contributed by atoms with Crippen LogP contribution in [0, 0.1) is 24.6 Å². The van der Waals surface area contributed by atoms with Gasteiger partial charge < -0.3 is 5.32 Å². The lowest BCUT2D eigenvalue weighted by Crippen LogP contribution is -2.58. The molecule has 2 saturated heterocycles. The van der Waals surface area contributed by atoms with Crippen LogP contribution < -0.4 is 21.1 Å². The van der Waals surface area contributed by atoms with Crippen molar-refractivity contribution in [2.45, 2.75) is 26.1 Å². The summed E-state index contributed by atoms with van der Waals surface area (Å²) in [6.07, 6.45) is -0.305. The van der Waals surface area contributed by atoms with Crippen LogP contribution in [0.25, 0.3) is 0 Å². The number of nitrogens with one attached hydrogen (secondary N) is 3. The first-order chi connectivity index (χ1) is 13.8. The normalized spacial score (nSPS) is 26.3. The third kappa shape index (κ3) is 3.73. The number of aryl methyl sites for hydroxylation is 1. The van der Waals surface area contributed by atoms with Gasteiger partial charge in [0.15, 0.2) is 5.78 Å². The van der Waals surface area contributed by atoms with Gasteiger partial charge in [0.2, 0.25) is 5.91 Å². The second kappa shape index (κ2) is 7.74. The van der Waals surface area contributed by atoms with Crippen molar-refractivity contribution in [3.63, 3.8) is 0 Å². The molecular formula is C21H22ClFN4O2. The van der Waals surface area contributed by atoms with E-state index in [9.17, 15) is 14.0 Å². The molecule has 2 fully saturated rings. The molecule has 2 aliphatic rings. The summed E-state index contributed by atoms with van der Waals surface area (Å²) >= 11 is 6.12. The molecule has 2 aromatic carbocycles. The molecule has 0 saturated carbocycles. The van der Waals surface area contributed by atoms with Crippen molar-refractivity contribution in [3.05, 3.63) is 58.9 Å². The third-order valence-electron chi connectivity index (χ3n) is 5.56. The summed E-state index contributed by atoms with van der Waals surface area (Å²) in [5, 5.41) is 8.49. The summed E-state index contributed by atoms with van der Waals surface area (Å²) in [6, 6.07) is 11.2. The van der Waals surface area contributed by atoms with Crippen molar-refractivity contribution in [3.8, 4) is 0 Å². The number of hydrazine groups is 1. The van der Waals surface area contributed by atoms with E-state index < -0.39 is 11.8 Å². The lowest BCUT2D eigenvalue weighted by molar-refractivity contribution is -0.136. The van der Waals surface area contributed by atoms with Crippen LogP contribution in [-0.2, 0) is 9.59 Å². The Hall–Kier alpha value is -2.48. The number of piperidine rings is 1. The average Bonchev–Trinajstić information content (AvgIpc) is 3.03. The van der Waals surface area contributed by atoms with Crippen LogP contribution in [0.4, 0.5) is 15.8 Å². The van der Waals surface area contributed by atoms with Crippen LogP contribution in [-0.4, -0.2) is 30.4 Å². The highest BCUT2D eigenvalue weighted by Crippen LogP contribution is 2.32. The SMILES string of the molecule is Cc1ccc(NC(=O)C2CNC3C(C2=O)C(C)NN3c2ccc(F)cc2)cc1Cl. The number of amides is 1. The maximum absolute atomic E-state index is 13.3. The van der Waals surface area contributed by atoms with Crippen LogP contribution >= 0.6 is 11.6 Å². The first kappa shape index (κ1) is 19.8. The summed E-state index contributed by atoms with van der Waals surface area (Å²) in [5.41, 5.74) is 5.49. The lowest BCUT2D eigenvalue weighted by Gasteiger charge is -2.35. The minimum atomic E-state index is -0.797. The summed E-state index contributed by atoms with van der Waals surface area (Å²) in [4.78, 5) is 25.9. The molecule has 8 heteroatoms. The number of carbonyl (C=O) groups excluding carboxylic acids is 2. The summed E-state index contributed by atoms with van der Waals surface area (Å²) < 4.78 is 13.3. The number of anilines is 2. The monoisotopic (exact) mass is 416 g/mol. The van der Waals surface area contributed by atoms with Gasteiger partial charge in [-0.2, -0.15) is 0 Å². The highest BCUT2D eigenvalue weighted by atomic mass is 35.5. The van der Waals surface area contributed by atoms with Gasteiger partial charge >= 0.3 is 0 Å². The number of hydrogen-bond acceptors (Lipinski definition) is 5. The van der Waals surface area contributed by atoms with E-state index in [1.165, 1.54) is 12.1 Å². The van der Waals surface area contributed by atoms with Gasteiger partial charge in [-0.25, -0.2) is 9.82 Å². The Bertz CT molecular complexity index is 952. The van der Waals surface area contributed by atoms with E-state index in [2.05, 4.69) is 16.1 Å². The molecule has 0 radical (unpaired) electrons. The number of halogens is 2. The molecule has 2 heterocycles. The number of ketones is 1. The molecule has 4 atom stereocenters. The van der Waals surface area contributed by atoms with Gasteiger partial charge in [-0.15, -0.1) is 0 Å². The Balaban J connectivity index is 1.49. The number of benzene rings is 2. The Morgan fingerprint density at radius 2 is 1.97 bits per heavy atom. The van der Waals surface area contributed by atoms with E-state index in [4.69, 9.17) is 11.6 Å². The van der Waals surface area contributed by atoms with Crippen LogP contribution in [0.15, 0.2) is 42.5 Å². The maximum Gasteiger partial charge on any atom is 0.236 e. The van der Waals surface area contributed by atoms with Crippen molar-refractivity contribution in [1.82, 2.24) is 10.7 Å². The smallest absolute Gasteiger partial charge is 0.236 e. The van der Waals surface area contributed by atoms with E-state index in [1.54, 1.807) is 24.3 Å². The Labute approximate surface area is 173 Å². The summed E-state index contributed by atoms with van der Waals surface area (Å²) in [7, 11) is 0. The fraction of sp³-hybridized carbons (Fsp3) is 0.333. The van der Waals surface area contributed by atoms with Crippen molar-refractivity contribution in [1.29, 1.82) is 0 Å². The largest absolute Gasteiger partial charge is 0.325 e. The van der Waals surface area contributed by atoms with Crippen molar-refractivity contribution in [2.75, 3.05) is 16.9 Å². The van der Waals surface area contributed by atoms with Crippen LogP contribution in [0.1, 0.15) is 12.5 Å². The molecule has 4 rings (SSSR count). The quantitative estimate of drug-likeness (QED) is 0.671. The van der Waals surface area contributed by atoms with Gasteiger partial charge in [0.1, 0.15) is 17.9 Å². The zero-order valence-corrected chi connectivity index (χ0v) is 16.8.